The van der Waals surface area contributed by atoms with Crippen molar-refractivity contribution in [3.63, 3.8) is 0 Å². The first-order chi connectivity index (χ1) is 10.4. The maximum atomic E-state index is 12.4. The number of hydrogen-bond acceptors (Lipinski definition) is 3. The monoisotopic (exact) mass is 308 g/mol. The van der Waals surface area contributed by atoms with E-state index in [0.717, 1.165) is 19.4 Å². The average molecular weight is 308 g/mol. The van der Waals surface area contributed by atoms with Crippen LogP contribution in [0, 0.1) is 5.92 Å². The Bertz CT molecular complexity index is 451. The van der Waals surface area contributed by atoms with E-state index in [2.05, 4.69) is 11.4 Å². The Morgan fingerprint density at radius 1 is 1.32 bits per heavy atom. The second kappa shape index (κ2) is 7.16. The van der Waals surface area contributed by atoms with Gasteiger partial charge in [0.05, 0.1) is 0 Å². The maximum absolute atomic E-state index is 12.4. The van der Waals surface area contributed by atoms with E-state index in [0.29, 0.717) is 18.9 Å². The lowest BCUT2D eigenvalue weighted by atomic mass is 9.85. The number of piperidine rings is 1. The molecule has 0 bridgehead atoms. The van der Waals surface area contributed by atoms with E-state index >= 15 is 0 Å². The van der Waals surface area contributed by atoms with Gasteiger partial charge in [-0.15, -0.1) is 0 Å². The Morgan fingerprint density at radius 2 is 2.05 bits per heavy atom. The van der Waals surface area contributed by atoms with Gasteiger partial charge in [-0.1, -0.05) is 6.08 Å². The van der Waals surface area contributed by atoms with Crippen LogP contribution in [0.3, 0.4) is 0 Å². The smallest absolute Gasteiger partial charge is 0.407 e. The summed E-state index contributed by atoms with van der Waals surface area (Å²) in [7, 11) is 0. The number of nitrogens with zero attached hydrogens (tertiary/aromatic N) is 1. The van der Waals surface area contributed by atoms with E-state index in [-0.39, 0.29) is 5.91 Å². The molecule has 0 aromatic heterocycles. The fourth-order valence-corrected chi connectivity index (χ4v) is 3.17. The van der Waals surface area contributed by atoms with Gasteiger partial charge < -0.3 is 15.0 Å². The Kier molecular flexibility index (Phi) is 5.48. The summed E-state index contributed by atoms with van der Waals surface area (Å²) in [6, 6.07) is 0. The first-order valence-corrected chi connectivity index (χ1v) is 8.34. The highest BCUT2D eigenvalue weighted by Crippen LogP contribution is 2.35. The van der Waals surface area contributed by atoms with Crippen molar-refractivity contribution in [1.82, 2.24) is 10.2 Å². The van der Waals surface area contributed by atoms with Gasteiger partial charge in [0.25, 0.3) is 0 Å². The molecule has 1 heterocycles. The van der Waals surface area contributed by atoms with Gasteiger partial charge in [-0.25, -0.2) is 4.79 Å². The molecule has 0 spiro atoms. The zero-order valence-electron chi connectivity index (χ0n) is 14.0. The third kappa shape index (κ3) is 4.75. The SMILES string of the molecule is CC(C)(C)OC(=O)NCCC(=O)N1CCCC2CCCC=C21. The van der Waals surface area contributed by atoms with E-state index in [9.17, 15) is 9.59 Å². The number of nitrogens with one attached hydrogen (secondary N) is 1. The number of carbonyl (C=O) groups excluding carboxylic acids is 2. The van der Waals surface area contributed by atoms with Crippen LogP contribution in [0.1, 0.15) is 59.3 Å². The van der Waals surface area contributed by atoms with E-state index in [1.807, 2.05) is 25.7 Å². The minimum absolute atomic E-state index is 0.105. The van der Waals surface area contributed by atoms with E-state index in [4.69, 9.17) is 4.74 Å². The molecule has 2 amide bonds. The maximum Gasteiger partial charge on any atom is 0.407 e. The van der Waals surface area contributed by atoms with E-state index < -0.39 is 11.7 Å². The predicted octanol–water partition coefficient (Wildman–Crippen LogP) is 3.21. The summed E-state index contributed by atoms with van der Waals surface area (Å²) in [5.74, 6) is 0.666. The van der Waals surface area contributed by atoms with Crippen LogP contribution < -0.4 is 5.32 Å². The van der Waals surface area contributed by atoms with Crippen molar-refractivity contribution in [3.05, 3.63) is 11.8 Å². The molecule has 1 atom stereocenters. The molecule has 1 aliphatic heterocycles. The van der Waals surface area contributed by atoms with Crippen LogP contribution in [0.25, 0.3) is 0 Å². The Hall–Kier alpha value is -1.52. The van der Waals surface area contributed by atoms with Crippen LogP contribution in [0.5, 0.6) is 0 Å². The molecule has 1 N–H and O–H groups in total. The molecule has 5 nitrogen and oxygen atoms in total. The van der Waals surface area contributed by atoms with Gasteiger partial charge in [0.2, 0.25) is 5.91 Å². The standard InChI is InChI=1S/C17H28N2O3/c1-17(2,3)22-16(21)18-11-10-15(20)19-12-6-8-13-7-4-5-9-14(13)19/h9,13H,4-8,10-12H2,1-3H3,(H,18,21). The van der Waals surface area contributed by atoms with Gasteiger partial charge in [-0.2, -0.15) is 0 Å². The number of amides is 2. The molecule has 0 aromatic carbocycles. The summed E-state index contributed by atoms with van der Waals surface area (Å²) in [6.45, 7) is 6.60. The van der Waals surface area contributed by atoms with Crippen LogP contribution in [0.4, 0.5) is 4.79 Å². The number of alkyl carbamates (subject to hydrolysis) is 1. The van der Waals surface area contributed by atoms with Gasteiger partial charge in [0.1, 0.15) is 5.60 Å². The topological polar surface area (TPSA) is 58.6 Å². The zero-order chi connectivity index (χ0) is 16.2. The molecule has 1 unspecified atom stereocenters. The number of ether oxygens (including phenoxy) is 1. The van der Waals surface area contributed by atoms with Gasteiger partial charge in [-0.05, 0) is 58.8 Å². The van der Waals surface area contributed by atoms with E-state index in [1.165, 1.54) is 25.0 Å². The number of rotatable bonds is 3. The van der Waals surface area contributed by atoms with Gasteiger partial charge in [0, 0.05) is 25.2 Å². The van der Waals surface area contributed by atoms with Crippen LogP contribution in [0.2, 0.25) is 0 Å². The highest BCUT2D eigenvalue weighted by atomic mass is 16.6. The third-order valence-electron chi connectivity index (χ3n) is 4.08. The lowest BCUT2D eigenvalue weighted by Gasteiger charge is -2.38. The predicted molar refractivity (Wildman–Crippen MR) is 85.2 cm³/mol. The molecule has 2 aliphatic rings. The van der Waals surface area contributed by atoms with Crippen molar-refractivity contribution in [3.8, 4) is 0 Å². The number of allylic oxidation sites excluding steroid dienone is 2. The van der Waals surface area contributed by atoms with Crippen LogP contribution in [0.15, 0.2) is 11.8 Å². The van der Waals surface area contributed by atoms with Crippen LogP contribution >= 0.6 is 0 Å². The quantitative estimate of drug-likeness (QED) is 0.871. The van der Waals surface area contributed by atoms with Gasteiger partial charge in [-0.3, -0.25) is 4.79 Å². The van der Waals surface area contributed by atoms with Crippen molar-refractivity contribution in [2.24, 2.45) is 5.92 Å². The lowest BCUT2D eigenvalue weighted by molar-refractivity contribution is -0.130. The van der Waals surface area contributed by atoms with Crippen molar-refractivity contribution in [1.29, 1.82) is 0 Å². The summed E-state index contributed by atoms with van der Waals surface area (Å²) in [4.78, 5) is 25.9. The average Bonchev–Trinajstić information content (AvgIpc) is 2.44. The molecule has 0 aromatic rings. The molecule has 0 saturated carbocycles. The highest BCUT2D eigenvalue weighted by Gasteiger charge is 2.30. The second-order valence-corrected chi connectivity index (χ2v) is 7.12. The third-order valence-corrected chi connectivity index (χ3v) is 4.08. The molecular formula is C17H28N2O3. The fourth-order valence-electron chi connectivity index (χ4n) is 3.17. The number of likely N-dealkylation sites (tertiary alicyclic amines) is 1. The molecule has 5 heteroatoms. The molecule has 1 fully saturated rings. The highest BCUT2D eigenvalue weighted by molar-refractivity contribution is 5.79. The molecule has 0 radical (unpaired) electrons. The minimum Gasteiger partial charge on any atom is -0.444 e. The second-order valence-electron chi connectivity index (χ2n) is 7.12. The zero-order valence-corrected chi connectivity index (χ0v) is 14.0. The summed E-state index contributed by atoms with van der Waals surface area (Å²) in [5.41, 5.74) is 0.709. The molecule has 2 rings (SSSR count). The van der Waals surface area contributed by atoms with Gasteiger partial charge >= 0.3 is 6.09 Å². The molecule has 1 saturated heterocycles. The first-order valence-electron chi connectivity index (χ1n) is 8.34. The first kappa shape index (κ1) is 16.8. The minimum atomic E-state index is -0.513. The number of fused-ring (bicyclic) bond motifs is 1. The molecule has 1 aliphatic carbocycles. The van der Waals surface area contributed by atoms with Crippen molar-refractivity contribution in [2.45, 2.75) is 64.9 Å². The van der Waals surface area contributed by atoms with Crippen LogP contribution in [-0.4, -0.2) is 35.6 Å². The number of carbonyl (C=O) groups is 2. The van der Waals surface area contributed by atoms with Crippen molar-refractivity contribution >= 4 is 12.0 Å². The number of hydrogen-bond donors (Lipinski definition) is 1. The largest absolute Gasteiger partial charge is 0.444 e. The normalized spacial score (nSPS) is 21.7. The summed E-state index contributed by atoms with van der Waals surface area (Å²) >= 11 is 0. The molecular weight excluding hydrogens is 280 g/mol. The molecule has 22 heavy (non-hydrogen) atoms. The lowest BCUT2D eigenvalue weighted by Crippen LogP contribution is -2.41. The van der Waals surface area contributed by atoms with Gasteiger partial charge in [0.15, 0.2) is 0 Å². The Morgan fingerprint density at radius 3 is 2.77 bits per heavy atom. The van der Waals surface area contributed by atoms with Crippen molar-refractivity contribution in [2.75, 3.05) is 13.1 Å². The summed E-state index contributed by atoms with van der Waals surface area (Å²) in [6.07, 6.45) is 7.87. The fraction of sp³-hybridized carbons (Fsp3) is 0.765. The van der Waals surface area contributed by atoms with Crippen molar-refractivity contribution < 1.29 is 14.3 Å². The molecule has 124 valence electrons. The summed E-state index contributed by atoms with van der Waals surface area (Å²) in [5, 5.41) is 2.65. The van der Waals surface area contributed by atoms with Crippen LogP contribution in [-0.2, 0) is 9.53 Å². The Balaban J connectivity index is 1.79. The van der Waals surface area contributed by atoms with E-state index in [1.54, 1.807) is 0 Å². The Labute approximate surface area is 133 Å². The summed E-state index contributed by atoms with van der Waals surface area (Å²) < 4.78 is 5.16.